The fraction of sp³-hybridized carbons (Fsp3) is 0.600. The highest BCUT2D eigenvalue weighted by Gasteiger charge is 2.51. The van der Waals surface area contributed by atoms with Crippen LogP contribution in [0, 0.1) is 17.8 Å². The lowest BCUT2D eigenvalue weighted by atomic mass is 9.82. The molecule has 0 radical (unpaired) electrons. The van der Waals surface area contributed by atoms with Crippen molar-refractivity contribution in [2.45, 2.75) is 195 Å². The Morgan fingerprint density at radius 3 is 1.88 bits per heavy atom. The minimum Gasteiger partial charge on any atom is -0.469 e. The number of allylic oxidation sites excluding steroid dienone is 12. The summed E-state index contributed by atoms with van der Waals surface area (Å²) in [6, 6.07) is 5.77. The van der Waals surface area contributed by atoms with Gasteiger partial charge in [0.15, 0.2) is 17.9 Å². The standard InChI is InChI=1S/C60H88N2O19/c1-36-18-16-14-12-10-8-6-7-9-11-13-15-17-19-48(79-59-56(74)54(61)55(73)38(3)78-59)33-51-53(58(75)77-5)50(71)35-60(76,81-51)34-47(69)30-45(67)28-43(65)26-42(64)27-44(66)29-46(68)32-52(72)80-57(36)37(2)20-25-41(63)31-49(70)39-21-23-40(62-4)24-22-39/h6-19,21-24,36-38,41-43,45-48,50-51,53-57,59,62-65,67-69,71,73-74,76H,20,25-35,61H2,1-5H3/b7-6-,10-8-,11-9+,14-12+,15-13+,18-16+,19-17+/t36?,37?,38-,41?,42?,43?,45?,46?,47?,48?,50?,51?,53?,54+,55-,56+,57?,59+,60?/m1/s1. The van der Waals surface area contributed by atoms with E-state index in [4.69, 9.17) is 29.4 Å². The Morgan fingerprint density at radius 2 is 1.28 bits per heavy atom. The van der Waals surface area contributed by atoms with Crippen molar-refractivity contribution in [2.75, 3.05) is 19.5 Å². The van der Waals surface area contributed by atoms with Gasteiger partial charge < -0.3 is 85.8 Å². The lowest BCUT2D eigenvalue weighted by molar-refractivity contribution is -0.308. The number of ketones is 2. The van der Waals surface area contributed by atoms with Gasteiger partial charge in [0, 0.05) is 62.7 Å². The number of aliphatic hydroxyl groups excluding tert-OH is 9. The van der Waals surface area contributed by atoms with E-state index < -0.39 is 160 Å². The van der Waals surface area contributed by atoms with Crippen LogP contribution in [0.1, 0.15) is 108 Å². The van der Waals surface area contributed by atoms with Crippen LogP contribution >= 0.6 is 0 Å². The summed E-state index contributed by atoms with van der Waals surface area (Å²) in [5.74, 6) is -6.85. The van der Waals surface area contributed by atoms with Gasteiger partial charge in [-0.05, 0) is 69.2 Å². The Hall–Kier alpha value is -5.08. The zero-order valence-corrected chi connectivity index (χ0v) is 47.0. The Kier molecular flexibility index (Phi) is 29.1. The zero-order chi connectivity index (χ0) is 59.8. The minimum atomic E-state index is -2.29. The van der Waals surface area contributed by atoms with Crippen LogP contribution < -0.4 is 11.1 Å². The van der Waals surface area contributed by atoms with E-state index >= 15 is 0 Å². The van der Waals surface area contributed by atoms with E-state index in [2.05, 4.69) is 5.32 Å². The first-order valence-corrected chi connectivity index (χ1v) is 27.8. The number of hydrogen-bond acceptors (Lipinski definition) is 21. The molecule has 2 fully saturated rings. The molecule has 21 nitrogen and oxygen atoms in total. The van der Waals surface area contributed by atoms with Gasteiger partial charge in [-0.1, -0.05) is 98.9 Å². The van der Waals surface area contributed by atoms with E-state index in [0.717, 1.165) is 12.8 Å². The number of Topliss-reactive ketones (excluding diaryl/α,β-unsaturated/α-hetero) is 2. The fourth-order valence-electron chi connectivity index (χ4n) is 10.2. The van der Waals surface area contributed by atoms with Gasteiger partial charge in [0.1, 0.15) is 23.9 Å². The Balaban J connectivity index is 1.55. The molecule has 0 saturated carbocycles. The van der Waals surface area contributed by atoms with Crippen molar-refractivity contribution < 1.29 is 93.9 Å². The lowest BCUT2D eigenvalue weighted by Crippen LogP contribution is -2.61. The highest BCUT2D eigenvalue weighted by molar-refractivity contribution is 5.96. The smallest absolute Gasteiger partial charge is 0.313 e. The first-order valence-electron chi connectivity index (χ1n) is 27.8. The molecule has 3 aliphatic rings. The van der Waals surface area contributed by atoms with Crippen molar-refractivity contribution in [1.29, 1.82) is 0 Å². The average Bonchev–Trinajstić information content (AvgIpc) is 3.43. The van der Waals surface area contributed by atoms with Gasteiger partial charge in [-0.15, -0.1) is 0 Å². The summed E-state index contributed by atoms with van der Waals surface area (Å²) >= 11 is 0. The number of cyclic esters (lactones) is 1. The predicted octanol–water partition coefficient (Wildman–Crippen LogP) is 2.83. The van der Waals surface area contributed by atoms with E-state index in [0.29, 0.717) is 12.0 Å². The highest BCUT2D eigenvalue weighted by atomic mass is 16.7. The monoisotopic (exact) mass is 1140 g/mol. The third-order valence-corrected chi connectivity index (χ3v) is 14.6. The number of benzene rings is 1. The number of rotatable bonds is 11. The second-order valence-electron chi connectivity index (χ2n) is 21.6. The predicted molar refractivity (Wildman–Crippen MR) is 299 cm³/mol. The molecule has 14 unspecified atom stereocenters. The fourth-order valence-corrected chi connectivity index (χ4v) is 10.2. The molecule has 81 heavy (non-hydrogen) atoms. The van der Waals surface area contributed by atoms with Gasteiger partial charge in [-0.3, -0.25) is 19.2 Å². The molecular weight excluding hydrogens is 1050 g/mol. The molecule has 2 saturated heterocycles. The Bertz CT molecular complexity index is 2320. The van der Waals surface area contributed by atoms with E-state index in [1.165, 1.54) is 0 Å². The maximum Gasteiger partial charge on any atom is 0.313 e. The van der Waals surface area contributed by atoms with Crippen LogP contribution in [0.5, 0.6) is 0 Å². The quantitative estimate of drug-likeness (QED) is 0.112. The summed E-state index contributed by atoms with van der Waals surface area (Å²) in [5, 5.41) is 113. The summed E-state index contributed by atoms with van der Waals surface area (Å²) in [6.07, 6.45) is 2.92. The number of nitrogens with two attached hydrogens (primary N) is 1. The van der Waals surface area contributed by atoms with E-state index in [1.54, 1.807) is 117 Å². The van der Waals surface area contributed by atoms with E-state index in [-0.39, 0.29) is 49.7 Å². The summed E-state index contributed by atoms with van der Waals surface area (Å²) in [7, 11) is 2.88. The lowest BCUT2D eigenvalue weighted by Gasteiger charge is -2.45. The first kappa shape index (κ1) is 68.4. The maximum atomic E-state index is 13.3. The number of nitrogens with one attached hydrogen (secondary N) is 1. The van der Waals surface area contributed by atoms with Crippen LogP contribution in [0.4, 0.5) is 5.69 Å². The second kappa shape index (κ2) is 34.5. The number of ether oxygens (including phenoxy) is 5. The number of anilines is 1. The number of carbonyl (C=O) groups is 4. The molecule has 0 aromatic heterocycles. The van der Waals surface area contributed by atoms with Crippen LogP contribution in [0.25, 0.3) is 0 Å². The first-order chi connectivity index (χ1) is 38.4. The van der Waals surface area contributed by atoms with Crippen molar-refractivity contribution in [3.8, 4) is 0 Å². The number of methoxy groups -OCH3 is 1. The Labute approximate surface area is 474 Å². The molecule has 19 atom stereocenters. The molecule has 4 rings (SSSR count). The van der Waals surface area contributed by atoms with Crippen molar-refractivity contribution in [2.24, 2.45) is 23.5 Å². The van der Waals surface area contributed by atoms with Crippen molar-refractivity contribution in [1.82, 2.24) is 0 Å². The molecule has 3 aliphatic heterocycles. The van der Waals surface area contributed by atoms with Gasteiger partial charge in [-0.25, -0.2) is 0 Å². The van der Waals surface area contributed by atoms with Gasteiger partial charge in [0.05, 0.1) is 86.7 Å². The molecule has 1 aromatic carbocycles. The third-order valence-electron chi connectivity index (χ3n) is 14.6. The van der Waals surface area contributed by atoms with Crippen molar-refractivity contribution in [3.63, 3.8) is 0 Å². The van der Waals surface area contributed by atoms with Crippen LogP contribution in [-0.4, -0.2) is 186 Å². The number of esters is 2. The molecule has 13 N–H and O–H groups in total. The van der Waals surface area contributed by atoms with Gasteiger partial charge >= 0.3 is 11.9 Å². The number of carbonyl (C=O) groups excluding carboxylic acids is 4. The summed E-state index contributed by atoms with van der Waals surface area (Å²) in [4.78, 5) is 52.4. The van der Waals surface area contributed by atoms with Crippen LogP contribution in [0.15, 0.2) is 109 Å². The van der Waals surface area contributed by atoms with Crippen LogP contribution in [-0.2, 0) is 38.1 Å². The number of fused-ring (bicyclic) bond motifs is 2. The highest BCUT2D eigenvalue weighted by Crippen LogP contribution is 2.39. The van der Waals surface area contributed by atoms with Crippen molar-refractivity contribution >= 4 is 29.2 Å². The molecular formula is C60H88N2O19. The minimum absolute atomic E-state index is 0.103. The SMILES string of the molecule is CNc1ccc(C(=O)CC(O)CCC(C)C2OC(=O)CC(O)CC(=O)CC(O)CC(O)CC(O)CC(O)CC3(O)CC(O)C(C(=O)OC)C(CC(O[C@@H]4O[C@H](C)[C@@H](O)[C@H](N)[C@@H]4O)/C=C/C=C/C=C/C=C\C=C/C=C/C=C/C2C)O3)cc1. The molecule has 452 valence electrons. The second-order valence-corrected chi connectivity index (χ2v) is 21.6. The van der Waals surface area contributed by atoms with E-state index in [1.807, 2.05) is 19.9 Å². The summed E-state index contributed by atoms with van der Waals surface area (Å²) < 4.78 is 28.9. The van der Waals surface area contributed by atoms with Gasteiger partial charge in [-0.2, -0.15) is 0 Å². The molecule has 0 aliphatic carbocycles. The Morgan fingerprint density at radius 1 is 0.728 bits per heavy atom. The number of hydrogen-bond donors (Lipinski definition) is 12. The molecule has 0 amide bonds. The van der Waals surface area contributed by atoms with E-state index in [9.17, 15) is 70.2 Å². The normalized spacial score (nSPS) is 37.7. The molecule has 21 heteroatoms. The molecule has 3 heterocycles. The summed E-state index contributed by atoms with van der Waals surface area (Å²) in [6.45, 7) is 5.25. The van der Waals surface area contributed by atoms with Crippen molar-refractivity contribution in [3.05, 3.63) is 115 Å². The topological polar surface area (TPSA) is 355 Å². The molecule has 2 bridgehead atoms. The van der Waals surface area contributed by atoms with Gasteiger partial charge in [0.2, 0.25) is 0 Å². The molecule has 1 aromatic rings. The molecule has 0 spiro atoms. The third kappa shape index (κ3) is 23.6. The van der Waals surface area contributed by atoms with Gasteiger partial charge in [0.25, 0.3) is 0 Å². The zero-order valence-electron chi connectivity index (χ0n) is 47.0. The number of aliphatic hydroxyl groups is 10. The maximum absolute atomic E-state index is 13.3. The van der Waals surface area contributed by atoms with Crippen LogP contribution in [0.2, 0.25) is 0 Å². The summed E-state index contributed by atoms with van der Waals surface area (Å²) in [5.41, 5.74) is 7.39. The van der Waals surface area contributed by atoms with Crippen LogP contribution in [0.3, 0.4) is 0 Å². The average molecular weight is 1140 g/mol. The largest absolute Gasteiger partial charge is 0.469 e.